The van der Waals surface area contributed by atoms with Gasteiger partial charge in [0.2, 0.25) is 0 Å². The maximum atomic E-state index is 9.15. The molecule has 2 rings (SSSR count). The van der Waals surface area contributed by atoms with E-state index in [1.807, 2.05) is 26.0 Å². The zero-order valence-electron chi connectivity index (χ0n) is 9.81. The van der Waals surface area contributed by atoms with E-state index < -0.39 is 0 Å². The van der Waals surface area contributed by atoms with Crippen LogP contribution in [0.15, 0.2) is 18.2 Å². The summed E-state index contributed by atoms with van der Waals surface area (Å²) in [6.07, 6.45) is 0. The van der Waals surface area contributed by atoms with Crippen LogP contribution in [0, 0.1) is 25.2 Å². The third kappa shape index (κ3) is 2.03. The fraction of sp³-hybridized carbons (Fsp3) is 0.250. The Balaban J connectivity index is 2.60. The summed E-state index contributed by atoms with van der Waals surface area (Å²) in [5.41, 5.74) is 7.78. The minimum absolute atomic E-state index is 0.421. The SMILES string of the molecule is Cc1nc(C)n(-c2ccc(CN)cc2C#N)n1. The second-order valence-electron chi connectivity index (χ2n) is 3.79. The minimum Gasteiger partial charge on any atom is -0.326 e. The van der Waals surface area contributed by atoms with Gasteiger partial charge in [0.15, 0.2) is 0 Å². The molecule has 0 aliphatic rings. The maximum absolute atomic E-state index is 9.15. The second-order valence-corrected chi connectivity index (χ2v) is 3.79. The van der Waals surface area contributed by atoms with Gasteiger partial charge in [0.25, 0.3) is 0 Å². The molecule has 0 spiro atoms. The molecule has 0 aliphatic carbocycles. The van der Waals surface area contributed by atoms with Gasteiger partial charge in [-0.1, -0.05) is 6.07 Å². The molecule has 0 saturated carbocycles. The van der Waals surface area contributed by atoms with Crippen LogP contribution in [0.5, 0.6) is 0 Å². The summed E-state index contributed by atoms with van der Waals surface area (Å²) in [5, 5.41) is 13.4. The summed E-state index contributed by atoms with van der Waals surface area (Å²) in [5.74, 6) is 1.45. The lowest BCUT2D eigenvalue weighted by Gasteiger charge is -2.06. The lowest BCUT2D eigenvalue weighted by molar-refractivity contribution is 0.827. The van der Waals surface area contributed by atoms with Crippen LogP contribution in [-0.2, 0) is 6.54 Å². The van der Waals surface area contributed by atoms with Gasteiger partial charge in [0.05, 0.1) is 11.3 Å². The summed E-state index contributed by atoms with van der Waals surface area (Å²) in [4.78, 5) is 4.22. The van der Waals surface area contributed by atoms with Gasteiger partial charge in [-0.05, 0) is 31.5 Å². The van der Waals surface area contributed by atoms with Crippen LogP contribution in [0.3, 0.4) is 0 Å². The molecule has 1 aromatic heterocycles. The summed E-state index contributed by atoms with van der Waals surface area (Å²) in [6, 6.07) is 7.69. The van der Waals surface area contributed by atoms with Gasteiger partial charge >= 0.3 is 0 Å². The number of aryl methyl sites for hydroxylation is 2. The van der Waals surface area contributed by atoms with Crippen LogP contribution < -0.4 is 5.73 Å². The molecule has 0 radical (unpaired) electrons. The third-order valence-electron chi connectivity index (χ3n) is 2.52. The van der Waals surface area contributed by atoms with E-state index in [1.54, 1.807) is 10.7 Å². The number of nitrogens with two attached hydrogens (primary N) is 1. The van der Waals surface area contributed by atoms with Gasteiger partial charge in [-0.2, -0.15) is 10.4 Å². The molecule has 2 aromatic rings. The second kappa shape index (κ2) is 4.36. The molecular weight excluding hydrogens is 214 g/mol. The van der Waals surface area contributed by atoms with Crippen LogP contribution >= 0.6 is 0 Å². The third-order valence-corrected chi connectivity index (χ3v) is 2.52. The molecule has 1 aromatic carbocycles. The Hall–Kier alpha value is -2.19. The van der Waals surface area contributed by atoms with Crippen molar-refractivity contribution in [1.82, 2.24) is 14.8 Å². The molecule has 17 heavy (non-hydrogen) atoms. The molecule has 0 aliphatic heterocycles. The first-order chi connectivity index (χ1) is 8.15. The number of nitriles is 1. The van der Waals surface area contributed by atoms with Crippen LogP contribution in [0.4, 0.5) is 0 Å². The van der Waals surface area contributed by atoms with Crippen molar-refractivity contribution in [2.75, 3.05) is 0 Å². The highest BCUT2D eigenvalue weighted by molar-refractivity contribution is 5.50. The number of hydrogen-bond donors (Lipinski definition) is 1. The van der Waals surface area contributed by atoms with E-state index in [-0.39, 0.29) is 0 Å². The van der Waals surface area contributed by atoms with Crippen molar-refractivity contribution in [2.24, 2.45) is 5.73 Å². The van der Waals surface area contributed by atoms with E-state index in [0.29, 0.717) is 17.9 Å². The van der Waals surface area contributed by atoms with Crippen molar-refractivity contribution in [3.63, 3.8) is 0 Å². The molecule has 5 nitrogen and oxygen atoms in total. The van der Waals surface area contributed by atoms with Crippen LogP contribution in [0.2, 0.25) is 0 Å². The molecule has 2 N–H and O–H groups in total. The van der Waals surface area contributed by atoms with Gasteiger partial charge in [-0.15, -0.1) is 0 Å². The Labute approximate surface area is 99.5 Å². The Morgan fingerprint density at radius 1 is 1.41 bits per heavy atom. The van der Waals surface area contributed by atoms with Crippen molar-refractivity contribution in [1.29, 1.82) is 5.26 Å². The molecule has 86 valence electrons. The number of rotatable bonds is 2. The molecule has 0 fully saturated rings. The average molecular weight is 227 g/mol. The summed E-state index contributed by atoms with van der Waals surface area (Å²) in [7, 11) is 0. The van der Waals surface area contributed by atoms with E-state index in [9.17, 15) is 0 Å². The smallest absolute Gasteiger partial charge is 0.148 e. The van der Waals surface area contributed by atoms with E-state index in [1.165, 1.54) is 0 Å². The Kier molecular flexibility index (Phi) is 2.90. The first kappa shape index (κ1) is 11.3. The van der Waals surface area contributed by atoms with E-state index in [4.69, 9.17) is 11.0 Å². The molecule has 0 amide bonds. The standard InChI is InChI=1S/C12H13N5/c1-8-15-9(2)17(16-8)12-4-3-10(6-13)5-11(12)7-14/h3-5H,6,13H2,1-2H3. The first-order valence-corrected chi connectivity index (χ1v) is 5.29. The summed E-state index contributed by atoms with van der Waals surface area (Å²) < 4.78 is 1.67. The molecule has 5 heteroatoms. The molecule has 1 heterocycles. The van der Waals surface area contributed by atoms with Crippen molar-refractivity contribution in [2.45, 2.75) is 20.4 Å². The van der Waals surface area contributed by atoms with Gasteiger partial charge < -0.3 is 5.73 Å². The highest BCUT2D eigenvalue weighted by Gasteiger charge is 2.10. The van der Waals surface area contributed by atoms with Crippen molar-refractivity contribution in [3.8, 4) is 11.8 Å². The summed E-state index contributed by atoms with van der Waals surface area (Å²) in [6.45, 7) is 4.10. The number of benzene rings is 1. The zero-order valence-corrected chi connectivity index (χ0v) is 9.81. The van der Waals surface area contributed by atoms with E-state index >= 15 is 0 Å². The normalized spacial score (nSPS) is 10.2. The van der Waals surface area contributed by atoms with Gasteiger partial charge in [-0.3, -0.25) is 0 Å². The molecule has 0 unspecified atom stereocenters. The van der Waals surface area contributed by atoms with Crippen molar-refractivity contribution < 1.29 is 0 Å². The van der Waals surface area contributed by atoms with Gasteiger partial charge in [-0.25, -0.2) is 9.67 Å². The quantitative estimate of drug-likeness (QED) is 0.836. The van der Waals surface area contributed by atoms with Crippen molar-refractivity contribution in [3.05, 3.63) is 41.0 Å². The Bertz CT molecular complexity index is 591. The maximum Gasteiger partial charge on any atom is 0.148 e. The van der Waals surface area contributed by atoms with E-state index in [2.05, 4.69) is 16.2 Å². The van der Waals surface area contributed by atoms with Crippen LogP contribution in [-0.4, -0.2) is 14.8 Å². The van der Waals surface area contributed by atoms with Gasteiger partial charge in [0, 0.05) is 6.54 Å². The molecular formula is C12H13N5. The topological polar surface area (TPSA) is 80.5 Å². The number of nitrogens with zero attached hydrogens (tertiary/aromatic N) is 4. The Morgan fingerprint density at radius 3 is 2.71 bits per heavy atom. The van der Waals surface area contributed by atoms with Crippen LogP contribution in [0.1, 0.15) is 22.8 Å². The summed E-state index contributed by atoms with van der Waals surface area (Å²) >= 11 is 0. The minimum atomic E-state index is 0.421. The monoisotopic (exact) mass is 227 g/mol. The lowest BCUT2D eigenvalue weighted by Crippen LogP contribution is -2.04. The fourth-order valence-corrected chi connectivity index (χ4v) is 1.73. The highest BCUT2D eigenvalue weighted by Crippen LogP contribution is 2.16. The Morgan fingerprint density at radius 2 is 2.18 bits per heavy atom. The van der Waals surface area contributed by atoms with Crippen molar-refractivity contribution >= 4 is 0 Å². The predicted octanol–water partition coefficient (Wildman–Crippen LogP) is 1.21. The lowest BCUT2D eigenvalue weighted by atomic mass is 10.1. The predicted molar refractivity (Wildman–Crippen MR) is 63.4 cm³/mol. The first-order valence-electron chi connectivity index (χ1n) is 5.29. The molecule has 0 saturated heterocycles. The van der Waals surface area contributed by atoms with E-state index in [0.717, 1.165) is 17.1 Å². The molecule has 0 atom stereocenters. The fourth-order valence-electron chi connectivity index (χ4n) is 1.73. The number of hydrogen-bond acceptors (Lipinski definition) is 4. The zero-order chi connectivity index (χ0) is 12.4. The van der Waals surface area contributed by atoms with Gasteiger partial charge in [0.1, 0.15) is 17.7 Å². The number of aromatic nitrogens is 3. The average Bonchev–Trinajstić information content (AvgIpc) is 2.67. The molecule has 0 bridgehead atoms. The highest BCUT2D eigenvalue weighted by atomic mass is 15.3. The largest absolute Gasteiger partial charge is 0.326 e. The van der Waals surface area contributed by atoms with Crippen LogP contribution in [0.25, 0.3) is 5.69 Å².